The number of rotatable bonds is 6. The maximum absolute atomic E-state index is 6.56. The molecule has 1 aromatic heterocycles. The average molecular weight is 588 g/mol. The zero-order chi connectivity index (χ0) is 31.0. The van der Waals surface area contributed by atoms with E-state index in [-0.39, 0.29) is 0 Å². The van der Waals surface area contributed by atoms with Crippen LogP contribution in [-0.4, -0.2) is 33.3 Å². The smallest absolute Gasteiger partial charge is 0.399 e. The van der Waals surface area contributed by atoms with E-state index in [0.717, 1.165) is 44.4 Å². The second-order valence-corrected chi connectivity index (χ2v) is 12.4. The van der Waals surface area contributed by atoms with Gasteiger partial charge in [0, 0.05) is 16.7 Å². The molecule has 0 aliphatic carbocycles. The van der Waals surface area contributed by atoms with Gasteiger partial charge in [-0.05, 0) is 61.5 Å². The molecule has 5 aromatic carbocycles. The van der Waals surface area contributed by atoms with E-state index in [2.05, 4.69) is 94.4 Å². The van der Waals surface area contributed by atoms with E-state index in [4.69, 9.17) is 24.3 Å². The highest BCUT2D eigenvalue weighted by atomic mass is 16.7. The van der Waals surface area contributed by atoms with Crippen LogP contribution in [0.1, 0.15) is 27.7 Å². The summed E-state index contributed by atoms with van der Waals surface area (Å²) in [7, 11) is -0.554. The van der Waals surface area contributed by atoms with E-state index in [1.807, 2.05) is 66.7 Å². The van der Waals surface area contributed by atoms with E-state index in [9.17, 15) is 0 Å². The Morgan fingerprint density at radius 3 is 1.29 bits per heavy atom. The largest absolute Gasteiger partial charge is 0.494 e. The average Bonchev–Trinajstić information content (AvgIpc) is 3.31. The fourth-order valence-electron chi connectivity index (χ4n) is 5.59. The minimum Gasteiger partial charge on any atom is -0.399 e. The molecule has 1 saturated heterocycles. The molecular formula is C39H34BN3O2. The standard InChI is InChI=1S/C39H34BN3O2/c1-38(2)39(3,4)45-40(44-38)32-25-30(34-23-15-14-22-33(34)27-16-8-5-9-17-27)24-31(26-32)37-42-35(28-18-10-6-11-19-28)41-36(43-37)29-20-12-7-13-21-29/h5-26H,1-4H3. The van der Waals surface area contributed by atoms with Gasteiger partial charge in [-0.2, -0.15) is 0 Å². The van der Waals surface area contributed by atoms with Gasteiger partial charge in [-0.1, -0.05) is 127 Å². The molecule has 0 saturated carbocycles. The quantitative estimate of drug-likeness (QED) is 0.183. The van der Waals surface area contributed by atoms with Gasteiger partial charge in [0.1, 0.15) is 0 Å². The van der Waals surface area contributed by atoms with Crippen LogP contribution in [0.4, 0.5) is 0 Å². The number of hydrogen-bond donors (Lipinski definition) is 0. The van der Waals surface area contributed by atoms with Crippen molar-refractivity contribution in [3.8, 4) is 56.4 Å². The minimum absolute atomic E-state index is 0.482. The minimum atomic E-state index is -0.554. The van der Waals surface area contributed by atoms with E-state index in [1.165, 1.54) is 0 Å². The summed E-state index contributed by atoms with van der Waals surface area (Å²) in [6, 6.07) is 45.4. The molecule has 0 atom stereocenters. The molecule has 45 heavy (non-hydrogen) atoms. The summed E-state index contributed by atoms with van der Waals surface area (Å²) in [6.45, 7) is 8.30. The molecule has 6 aromatic rings. The first kappa shape index (κ1) is 28.8. The maximum Gasteiger partial charge on any atom is 0.494 e. The van der Waals surface area contributed by atoms with Gasteiger partial charge < -0.3 is 9.31 Å². The number of nitrogens with zero attached hydrogens (tertiary/aromatic N) is 3. The molecule has 6 heteroatoms. The van der Waals surface area contributed by atoms with Gasteiger partial charge in [-0.15, -0.1) is 0 Å². The molecule has 0 bridgehead atoms. The van der Waals surface area contributed by atoms with Crippen molar-refractivity contribution in [2.45, 2.75) is 38.9 Å². The topological polar surface area (TPSA) is 57.1 Å². The third-order valence-corrected chi connectivity index (χ3v) is 8.76. The molecule has 5 nitrogen and oxygen atoms in total. The molecule has 0 unspecified atom stereocenters. The SMILES string of the molecule is CC1(C)OB(c2cc(-c3nc(-c4ccccc4)nc(-c4ccccc4)n3)cc(-c3ccccc3-c3ccccc3)c2)OC1(C)C. The first-order chi connectivity index (χ1) is 21.8. The van der Waals surface area contributed by atoms with E-state index >= 15 is 0 Å². The van der Waals surface area contributed by atoms with Crippen molar-refractivity contribution in [2.75, 3.05) is 0 Å². The van der Waals surface area contributed by atoms with Crippen LogP contribution in [0.5, 0.6) is 0 Å². The van der Waals surface area contributed by atoms with Crippen LogP contribution in [0, 0.1) is 0 Å². The van der Waals surface area contributed by atoms with Gasteiger partial charge in [0.25, 0.3) is 0 Å². The van der Waals surface area contributed by atoms with Crippen molar-refractivity contribution in [3.63, 3.8) is 0 Å². The predicted octanol–water partition coefficient (Wildman–Crippen LogP) is 8.51. The maximum atomic E-state index is 6.56. The van der Waals surface area contributed by atoms with Crippen LogP contribution in [0.25, 0.3) is 56.4 Å². The van der Waals surface area contributed by atoms with Crippen molar-refractivity contribution in [2.24, 2.45) is 0 Å². The molecule has 0 amide bonds. The van der Waals surface area contributed by atoms with Crippen LogP contribution in [-0.2, 0) is 9.31 Å². The lowest BCUT2D eigenvalue weighted by Crippen LogP contribution is -2.41. The Labute approximate surface area is 265 Å². The van der Waals surface area contributed by atoms with Crippen molar-refractivity contribution in [1.29, 1.82) is 0 Å². The predicted molar refractivity (Wildman–Crippen MR) is 183 cm³/mol. The van der Waals surface area contributed by atoms with Crippen LogP contribution in [0.2, 0.25) is 0 Å². The highest BCUT2D eigenvalue weighted by Crippen LogP contribution is 2.38. The van der Waals surface area contributed by atoms with Crippen LogP contribution >= 0.6 is 0 Å². The fraction of sp³-hybridized carbons (Fsp3) is 0.154. The van der Waals surface area contributed by atoms with Crippen LogP contribution in [0.3, 0.4) is 0 Å². The fourth-order valence-corrected chi connectivity index (χ4v) is 5.59. The Balaban J connectivity index is 1.45. The molecule has 7 rings (SSSR count). The van der Waals surface area contributed by atoms with Gasteiger partial charge in [0.2, 0.25) is 0 Å². The molecule has 220 valence electrons. The monoisotopic (exact) mass is 587 g/mol. The van der Waals surface area contributed by atoms with E-state index in [1.54, 1.807) is 0 Å². The summed E-state index contributed by atoms with van der Waals surface area (Å²) in [5.74, 6) is 1.82. The zero-order valence-electron chi connectivity index (χ0n) is 25.9. The molecule has 0 spiro atoms. The molecule has 1 aliphatic heterocycles. The molecule has 1 fully saturated rings. The van der Waals surface area contributed by atoms with Gasteiger partial charge in [-0.3, -0.25) is 0 Å². The molecular weight excluding hydrogens is 553 g/mol. The highest BCUT2D eigenvalue weighted by Gasteiger charge is 2.51. The molecule has 1 aliphatic rings. The number of aromatic nitrogens is 3. The Kier molecular flexibility index (Phi) is 7.40. The second kappa shape index (κ2) is 11.5. The number of hydrogen-bond acceptors (Lipinski definition) is 5. The summed E-state index contributed by atoms with van der Waals surface area (Å²) in [5.41, 5.74) is 7.07. The summed E-state index contributed by atoms with van der Waals surface area (Å²) < 4.78 is 13.1. The highest BCUT2D eigenvalue weighted by molar-refractivity contribution is 6.62. The van der Waals surface area contributed by atoms with Crippen molar-refractivity contribution >= 4 is 12.6 Å². The zero-order valence-corrected chi connectivity index (χ0v) is 25.9. The Morgan fingerprint density at radius 1 is 0.422 bits per heavy atom. The second-order valence-electron chi connectivity index (χ2n) is 12.4. The first-order valence-electron chi connectivity index (χ1n) is 15.3. The molecule has 0 radical (unpaired) electrons. The van der Waals surface area contributed by atoms with Gasteiger partial charge in [0.05, 0.1) is 11.2 Å². The summed E-state index contributed by atoms with van der Waals surface area (Å²) in [4.78, 5) is 15.0. The van der Waals surface area contributed by atoms with Crippen molar-refractivity contribution < 1.29 is 9.31 Å². The molecule has 0 N–H and O–H groups in total. The first-order valence-corrected chi connectivity index (χ1v) is 15.3. The Morgan fingerprint density at radius 2 is 0.800 bits per heavy atom. The Bertz CT molecular complexity index is 1890. The number of benzene rings is 5. The van der Waals surface area contributed by atoms with Crippen LogP contribution in [0.15, 0.2) is 133 Å². The van der Waals surface area contributed by atoms with Crippen molar-refractivity contribution in [3.05, 3.63) is 133 Å². The normalized spacial score (nSPS) is 15.2. The lowest BCUT2D eigenvalue weighted by atomic mass is 9.76. The third-order valence-electron chi connectivity index (χ3n) is 8.76. The Hall–Kier alpha value is -4.91. The van der Waals surface area contributed by atoms with Gasteiger partial charge in [-0.25, -0.2) is 15.0 Å². The van der Waals surface area contributed by atoms with Crippen LogP contribution < -0.4 is 5.46 Å². The summed E-state index contributed by atoms with van der Waals surface area (Å²) >= 11 is 0. The third kappa shape index (κ3) is 5.71. The summed E-state index contributed by atoms with van der Waals surface area (Å²) in [5, 5.41) is 0. The van der Waals surface area contributed by atoms with E-state index < -0.39 is 18.3 Å². The van der Waals surface area contributed by atoms with E-state index in [0.29, 0.717) is 17.5 Å². The van der Waals surface area contributed by atoms with Crippen molar-refractivity contribution in [1.82, 2.24) is 15.0 Å². The molecule has 2 heterocycles. The lowest BCUT2D eigenvalue weighted by molar-refractivity contribution is 0.00578. The lowest BCUT2D eigenvalue weighted by Gasteiger charge is -2.32. The van der Waals surface area contributed by atoms with Gasteiger partial charge >= 0.3 is 7.12 Å². The van der Waals surface area contributed by atoms with Gasteiger partial charge in [0.15, 0.2) is 17.5 Å². The summed E-state index contributed by atoms with van der Waals surface area (Å²) in [6.07, 6.45) is 0.